The van der Waals surface area contributed by atoms with Crippen molar-refractivity contribution in [2.45, 2.75) is 45.8 Å². The maximum atomic E-state index is 5.91. The van der Waals surface area contributed by atoms with Crippen LogP contribution < -0.4 is 19.5 Å². The summed E-state index contributed by atoms with van der Waals surface area (Å²) >= 11 is 0. The number of ether oxygens (including phenoxy) is 3. The molecule has 0 aliphatic carbocycles. The lowest BCUT2D eigenvalue weighted by Crippen LogP contribution is -2.34. The van der Waals surface area contributed by atoms with Crippen LogP contribution in [0.1, 0.15) is 33.6 Å². The van der Waals surface area contributed by atoms with Gasteiger partial charge in [-0.05, 0) is 20.3 Å². The molecule has 0 fully saturated rings. The molecule has 1 aromatic rings. The van der Waals surface area contributed by atoms with Gasteiger partial charge in [0.1, 0.15) is 23.4 Å². The van der Waals surface area contributed by atoms with Crippen molar-refractivity contribution < 1.29 is 14.2 Å². The maximum Gasteiger partial charge on any atom is 0.127 e. The van der Waals surface area contributed by atoms with Crippen LogP contribution in [0, 0.1) is 0 Å². The number of rotatable bonds is 9. The van der Waals surface area contributed by atoms with E-state index >= 15 is 0 Å². The quantitative estimate of drug-likeness (QED) is 0.754. The van der Waals surface area contributed by atoms with Crippen molar-refractivity contribution >= 4 is 0 Å². The molecule has 0 radical (unpaired) electrons. The summed E-state index contributed by atoms with van der Waals surface area (Å²) in [5.74, 6) is 2.23. The molecule has 20 heavy (non-hydrogen) atoms. The Labute approximate surface area is 122 Å². The second kappa shape index (κ2) is 8.69. The van der Waals surface area contributed by atoms with Gasteiger partial charge in [-0.1, -0.05) is 13.3 Å². The third-order valence-electron chi connectivity index (χ3n) is 3.14. The van der Waals surface area contributed by atoms with Crippen LogP contribution in [0.15, 0.2) is 18.2 Å². The summed E-state index contributed by atoms with van der Waals surface area (Å²) < 4.78 is 16.4. The fourth-order valence-electron chi connectivity index (χ4n) is 2.03. The Kier molecular flexibility index (Phi) is 7.23. The molecular formula is C16H27NO3. The summed E-state index contributed by atoms with van der Waals surface area (Å²) in [6, 6.07) is 6.09. The van der Waals surface area contributed by atoms with Gasteiger partial charge < -0.3 is 19.5 Å². The first kappa shape index (κ1) is 16.6. The topological polar surface area (TPSA) is 39.7 Å². The first-order valence-electron chi connectivity index (χ1n) is 7.22. The van der Waals surface area contributed by atoms with Crippen molar-refractivity contribution in [3.05, 3.63) is 18.2 Å². The normalized spacial score (nSPS) is 13.7. The molecule has 4 heteroatoms. The molecule has 0 aromatic heterocycles. The Hall–Kier alpha value is -1.42. The lowest BCUT2D eigenvalue weighted by Gasteiger charge is -2.19. The second-order valence-electron chi connectivity index (χ2n) is 5.07. The van der Waals surface area contributed by atoms with E-state index in [4.69, 9.17) is 14.2 Å². The largest absolute Gasteiger partial charge is 0.496 e. The fraction of sp³-hybridized carbons (Fsp3) is 0.625. The highest BCUT2D eigenvalue weighted by Gasteiger charge is 2.09. The van der Waals surface area contributed by atoms with Crippen molar-refractivity contribution in [2.24, 2.45) is 0 Å². The van der Waals surface area contributed by atoms with Crippen molar-refractivity contribution in [1.82, 2.24) is 5.32 Å². The van der Waals surface area contributed by atoms with Crippen LogP contribution >= 0.6 is 0 Å². The highest BCUT2D eigenvalue weighted by Crippen LogP contribution is 2.27. The summed E-state index contributed by atoms with van der Waals surface area (Å²) in [6.45, 7) is 7.27. The van der Waals surface area contributed by atoms with Crippen LogP contribution in [0.25, 0.3) is 0 Å². The Morgan fingerprint density at radius 2 is 1.55 bits per heavy atom. The first-order valence-corrected chi connectivity index (χ1v) is 7.22. The van der Waals surface area contributed by atoms with E-state index in [1.54, 1.807) is 14.2 Å². The summed E-state index contributed by atoms with van der Waals surface area (Å²) in [5, 5.41) is 3.47. The van der Waals surface area contributed by atoms with E-state index in [1.807, 2.05) is 18.2 Å². The van der Waals surface area contributed by atoms with E-state index in [2.05, 4.69) is 26.1 Å². The molecule has 0 saturated heterocycles. The molecule has 0 amide bonds. The summed E-state index contributed by atoms with van der Waals surface area (Å²) in [4.78, 5) is 0. The molecule has 2 unspecified atom stereocenters. The molecule has 2 atom stereocenters. The molecule has 114 valence electrons. The highest BCUT2D eigenvalue weighted by molar-refractivity contribution is 5.42. The SMILES string of the molecule is CCCC(C)NCC(C)Oc1cc(OC)cc(OC)c1. The zero-order valence-corrected chi connectivity index (χ0v) is 13.2. The summed E-state index contributed by atoms with van der Waals surface area (Å²) in [6.07, 6.45) is 2.46. The van der Waals surface area contributed by atoms with Crippen LogP contribution in [-0.4, -0.2) is 32.9 Å². The second-order valence-corrected chi connectivity index (χ2v) is 5.07. The van der Waals surface area contributed by atoms with Gasteiger partial charge in [0, 0.05) is 30.8 Å². The number of hydrogen-bond acceptors (Lipinski definition) is 4. The van der Waals surface area contributed by atoms with Crippen molar-refractivity contribution in [3.63, 3.8) is 0 Å². The third-order valence-corrected chi connectivity index (χ3v) is 3.14. The van der Waals surface area contributed by atoms with Gasteiger partial charge in [0.25, 0.3) is 0 Å². The molecule has 4 nitrogen and oxygen atoms in total. The highest BCUT2D eigenvalue weighted by atomic mass is 16.5. The molecule has 0 aliphatic rings. The average molecular weight is 281 g/mol. The number of methoxy groups -OCH3 is 2. The molecule has 0 heterocycles. The molecule has 1 aromatic carbocycles. The standard InChI is InChI=1S/C16H27NO3/c1-6-7-12(2)17-11-13(3)20-16-9-14(18-4)8-15(10-16)19-5/h8-10,12-13,17H,6-7,11H2,1-5H3. The minimum atomic E-state index is 0.0890. The molecule has 0 bridgehead atoms. The number of hydrogen-bond donors (Lipinski definition) is 1. The molecular weight excluding hydrogens is 254 g/mol. The first-order chi connectivity index (χ1) is 9.58. The van der Waals surface area contributed by atoms with Gasteiger partial charge in [-0.3, -0.25) is 0 Å². The molecule has 0 saturated carbocycles. The average Bonchev–Trinajstić information content (AvgIpc) is 2.45. The van der Waals surface area contributed by atoms with E-state index in [1.165, 1.54) is 12.8 Å². The predicted molar refractivity (Wildman–Crippen MR) is 82.0 cm³/mol. The zero-order valence-electron chi connectivity index (χ0n) is 13.2. The Morgan fingerprint density at radius 1 is 1.00 bits per heavy atom. The van der Waals surface area contributed by atoms with Gasteiger partial charge in [0.05, 0.1) is 14.2 Å². The maximum absolute atomic E-state index is 5.91. The van der Waals surface area contributed by atoms with Crippen LogP contribution in [0.5, 0.6) is 17.2 Å². The fourth-order valence-corrected chi connectivity index (χ4v) is 2.03. The van der Waals surface area contributed by atoms with Crippen molar-refractivity contribution in [1.29, 1.82) is 0 Å². The van der Waals surface area contributed by atoms with Gasteiger partial charge in [-0.25, -0.2) is 0 Å². The predicted octanol–water partition coefficient (Wildman–Crippen LogP) is 3.25. The Balaban J connectivity index is 2.54. The smallest absolute Gasteiger partial charge is 0.127 e. The van der Waals surface area contributed by atoms with Crippen LogP contribution in [0.3, 0.4) is 0 Å². The van der Waals surface area contributed by atoms with Gasteiger partial charge in [0.2, 0.25) is 0 Å². The van der Waals surface area contributed by atoms with Crippen LogP contribution in [-0.2, 0) is 0 Å². The van der Waals surface area contributed by atoms with E-state index in [-0.39, 0.29) is 6.10 Å². The van der Waals surface area contributed by atoms with Gasteiger partial charge in [-0.15, -0.1) is 0 Å². The number of benzene rings is 1. The zero-order chi connectivity index (χ0) is 15.0. The molecule has 1 N–H and O–H groups in total. The lowest BCUT2D eigenvalue weighted by molar-refractivity contribution is 0.209. The minimum Gasteiger partial charge on any atom is -0.496 e. The van der Waals surface area contributed by atoms with Gasteiger partial charge in [0.15, 0.2) is 0 Å². The van der Waals surface area contributed by atoms with E-state index in [0.29, 0.717) is 6.04 Å². The minimum absolute atomic E-state index is 0.0890. The lowest BCUT2D eigenvalue weighted by atomic mass is 10.2. The molecule has 0 spiro atoms. The van der Waals surface area contributed by atoms with Gasteiger partial charge >= 0.3 is 0 Å². The van der Waals surface area contributed by atoms with Crippen LogP contribution in [0.4, 0.5) is 0 Å². The third kappa shape index (κ3) is 5.70. The van der Waals surface area contributed by atoms with Crippen molar-refractivity contribution in [2.75, 3.05) is 20.8 Å². The molecule has 1 rings (SSSR count). The van der Waals surface area contributed by atoms with Crippen LogP contribution in [0.2, 0.25) is 0 Å². The monoisotopic (exact) mass is 281 g/mol. The summed E-state index contributed by atoms with van der Waals surface area (Å²) in [7, 11) is 3.27. The summed E-state index contributed by atoms with van der Waals surface area (Å²) in [5.41, 5.74) is 0. The molecule has 0 aliphatic heterocycles. The van der Waals surface area contributed by atoms with Crippen molar-refractivity contribution in [3.8, 4) is 17.2 Å². The van der Waals surface area contributed by atoms with E-state index in [9.17, 15) is 0 Å². The Morgan fingerprint density at radius 3 is 2.05 bits per heavy atom. The van der Waals surface area contributed by atoms with Gasteiger partial charge in [-0.2, -0.15) is 0 Å². The van der Waals surface area contributed by atoms with E-state index < -0.39 is 0 Å². The Bertz CT molecular complexity index is 373. The number of nitrogens with one attached hydrogen (secondary N) is 1. The van der Waals surface area contributed by atoms with E-state index in [0.717, 1.165) is 23.8 Å².